The number of nitrogens with one attached hydrogen (secondary N) is 2. The normalized spacial score (nSPS) is 16.7. The Morgan fingerprint density at radius 2 is 2.06 bits per heavy atom. The van der Waals surface area contributed by atoms with Gasteiger partial charge < -0.3 is 15.5 Å². The van der Waals surface area contributed by atoms with E-state index < -0.39 is 0 Å². The van der Waals surface area contributed by atoms with E-state index in [1.807, 2.05) is 6.92 Å². The maximum atomic E-state index is 11.7. The molecule has 0 aromatic carbocycles. The van der Waals surface area contributed by atoms with E-state index in [2.05, 4.69) is 10.6 Å². The molecule has 0 aromatic heterocycles. The first-order valence-corrected chi connectivity index (χ1v) is 5.73. The van der Waals surface area contributed by atoms with E-state index in [9.17, 15) is 9.59 Å². The number of carbonyl (C=O) groups excluding carboxylic acids is 2. The third kappa shape index (κ3) is 4.18. The molecule has 0 aromatic rings. The van der Waals surface area contributed by atoms with Crippen molar-refractivity contribution in [3.8, 4) is 0 Å². The second-order valence-electron chi connectivity index (χ2n) is 4.44. The lowest BCUT2D eigenvalue weighted by Crippen LogP contribution is -2.41. The molecular formula is C11H21N3O2. The van der Waals surface area contributed by atoms with Crippen LogP contribution in [0, 0.1) is 5.92 Å². The van der Waals surface area contributed by atoms with Crippen molar-refractivity contribution in [1.29, 1.82) is 0 Å². The molecule has 16 heavy (non-hydrogen) atoms. The van der Waals surface area contributed by atoms with E-state index in [-0.39, 0.29) is 17.7 Å². The van der Waals surface area contributed by atoms with Crippen LogP contribution in [0.15, 0.2) is 0 Å². The maximum Gasteiger partial charge on any atom is 0.236 e. The molecule has 0 radical (unpaired) electrons. The van der Waals surface area contributed by atoms with Gasteiger partial charge in [-0.2, -0.15) is 0 Å². The largest absolute Gasteiger partial charge is 0.359 e. The summed E-state index contributed by atoms with van der Waals surface area (Å²) in [6.07, 6.45) is 2.34. The summed E-state index contributed by atoms with van der Waals surface area (Å²) >= 11 is 0. The Morgan fingerprint density at radius 1 is 1.44 bits per heavy atom. The molecule has 0 bridgehead atoms. The van der Waals surface area contributed by atoms with Gasteiger partial charge in [0.15, 0.2) is 0 Å². The molecule has 92 valence electrons. The van der Waals surface area contributed by atoms with E-state index in [0.29, 0.717) is 19.1 Å². The number of carbonyl (C=O) groups is 2. The van der Waals surface area contributed by atoms with Crippen LogP contribution >= 0.6 is 0 Å². The molecule has 0 saturated heterocycles. The van der Waals surface area contributed by atoms with Gasteiger partial charge >= 0.3 is 0 Å². The lowest BCUT2D eigenvalue weighted by atomic mass is 10.1. The highest BCUT2D eigenvalue weighted by atomic mass is 16.2. The van der Waals surface area contributed by atoms with E-state index in [1.165, 1.54) is 12.8 Å². The summed E-state index contributed by atoms with van der Waals surface area (Å²) in [5, 5.41) is 5.74. The van der Waals surface area contributed by atoms with Gasteiger partial charge in [-0.05, 0) is 12.8 Å². The Labute approximate surface area is 96.6 Å². The predicted octanol–water partition coefficient (Wildman–Crippen LogP) is -0.421. The van der Waals surface area contributed by atoms with Gasteiger partial charge in [0.05, 0.1) is 12.5 Å². The average Bonchev–Trinajstić information content (AvgIpc) is 3.08. The Balaban J connectivity index is 2.23. The van der Waals surface area contributed by atoms with Crippen LogP contribution in [-0.2, 0) is 9.59 Å². The van der Waals surface area contributed by atoms with Gasteiger partial charge in [-0.3, -0.25) is 9.59 Å². The first kappa shape index (κ1) is 13.0. The average molecular weight is 227 g/mol. The number of hydrogen-bond acceptors (Lipinski definition) is 3. The fraction of sp³-hybridized carbons (Fsp3) is 0.818. The summed E-state index contributed by atoms with van der Waals surface area (Å²) in [4.78, 5) is 24.5. The second kappa shape index (κ2) is 5.84. The first-order valence-electron chi connectivity index (χ1n) is 5.73. The van der Waals surface area contributed by atoms with Gasteiger partial charge in [0, 0.05) is 26.7 Å². The van der Waals surface area contributed by atoms with Gasteiger partial charge in [0.2, 0.25) is 11.8 Å². The van der Waals surface area contributed by atoms with Crippen LogP contribution in [0.25, 0.3) is 0 Å². The lowest BCUT2D eigenvalue weighted by Gasteiger charge is -2.20. The van der Waals surface area contributed by atoms with Crippen molar-refractivity contribution in [1.82, 2.24) is 15.5 Å². The summed E-state index contributed by atoms with van der Waals surface area (Å²) in [5.74, 6) is -0.155. The van der Waals surface area contributed by atoms with Crippen molar-refractivity contribution in [2.75, 3.05) is 27.2 Å². The summed E-state index contributed by atoms with van der Waals surface area (Å²) in [5.41, 5.74) is 0. The summed E-state index contributed by atoms with van der Waals surface area (Å²) in [6, 6.07) is 0.536. The summed E-state index contributed by atoms with van der Waals surface area (Å²) < 4.78 is 0. The van der Waals surface area contributed by atoms with E-state index in [0.717, 1.165) is 0 Å². The second-order valence-corrected chi connectivity index (χ2v) is 4.44. The molecule has 5 nitrogen and oxygen atoms in total. The molecular weight excluding hydrogens is 206 g/mol. The summed E-state index contributed by atoms with van der Waals surface area (Å²) in [7, 11) is 3.34. The predicted molar refractivity (Wildman–Crippen MR) is 61.9 cm³/mol. The Kier molecular flexibility index (Phi) is 4.73. The number of nitrogens with zero attached hydrogens (tertiary/aromatic N) is 1. The molecule has 1 atom stereocenters. The molecule has 2 N–H and O–H groups in total. The van der Waals surface area contributed by atoms with Crippen molar-refractivity contribution >= 4 is 11.8 Å². The molecule has 5 heteroatoms. The minimum absolute atomic E-state index is 0.0326. The van der Waals surface area contributed by atoms with Crippen LogP contribution in [0.3, 0.4) is 0 Å². The van der Waals surface area contributed by atoms with Crippen molar-refractivity contribution in [2.45, 2.75) is 25.8 Å². The van der Waals surface area contributed by atoms with Crippen molar-refractivity contribution in [2.24, 2.45) is 5.92 Å². The van der Waals surface area contributed by atoms with E-state index >= 15 is 0 Å². The van der Waals surface area contributed by atoms with Gasteiger partial charge in [0.25, 0.3) is 0 Å². The number of likely N-dealkylation sites (N-methyl/N-ethyl adjacent to an activating group) is 1. The van der Waals surface area contributed by atoms with Gasteiger partial charge in [-0.1, -0.05) is 6.92 Å². The highest BCUT2D eigenvalue weighted by Crippen LogP contribution is 2.18. The zero-order valence-electron chi connectivity index (χ0n) is 10.2. The van der Waals surface area contributed by atoms with Crippen molar-refractivity contribution in [3.05, 3.63) is 0 Å². The minimum atomic E-state index is -0.167. The van der Waals surface area contributed by atoms with Crippen molar-refractivity contribution in [3.63, 3.8) is 0 Å². The van der Waals surface area contributed by atoms with Gasteiger partial charge in [-0.25, -0.2) is 0 Å². The van der Waals surface area contributed by atoms with Gasteiger partial charge in [-0.15, -0.1) is 0 Å². The minimum Gasteiger partial charge on any atom is -0.359 e. The molecule has 1 saturated carbocycles. The molecule has 1 aliphatic carbocycles. The quantitative estimate of drug-likeness (QED) is 0.648. The Hall–Kier alpha value is -1.10. The highest BCUT2D eigenvalue weighted by molar-refractivity contribution is 5.81. The van der Waals surface area contributed by atoms with Crippen LogP contribution in [-0.4, -0.2) is 49.9 Å². The third-order valence-electron chi connectivity index (χ3n) is 2.79. The number of hydrogen-bond donors (Lipinski definition) is 2. The molecule has 1 fully saturated rings. The van der Waals surface area contributed by atoms with Crippen LogP contribution in [0.4, 0.5) is 0 Å². The third-order valence-corrected chi connectivity index (χ3v) is 2.79. The van der Waals surface area contributed by atoms with E-state index in [4.69, 9.17) is 0 Å². The van der Waals surface area contributed by atoms with E-state index in [1.54, 1.807) is 19.0 Å². The maximum absolute atomic E-state index is 11.7. The molecule has 2 amide bonds. The number of rotatable bonds is 6. The SMILES string of the molecule is CNC(=O)C(C)CN(C)C(=O)CNC1CC1. The zero-order valence-corrected chi connectivity index (χ0v) is 10.2. The molecule has 0 aliphatic heterocycles. The smallest absolute Gasteiger partial charge is 0.236 e. The standard InChI is InChI=1S/C11H21N3O2/c1-8(11(16)12-2)7-14(3)10(15)6-13-9-4-5-9/h8-9,13H,4-7H2,1-3H3,(H,12,16). The summed E-state index contributed by atoms with van der Waals surface area (Å²) in [6.45, 7) is 2.66. The lowest BCUT2D eigenvalue weighted by molar-refractivity contribution is -0.131. The molecule has 0 spiro atoms. The van der Waals surface area contributed by atoms with Gasteiger partial charge in [0.1, 0.15) is 0 Å². The topological polar surface area (TPSA) is 61.4 Å². The van der Waals surface area contributed by atoms with Crippen LogP contribution in [0.1, 0.15) is 19.8 Å². The monoisotopic (exact) mass is 227 g/mol. The fourth-order valence-electron chi connectivity index (χ4n) is 1.50. The fourth-order valence-corrected chi connectivity index (χ4v) is 1.50. The zero-order chi connectivity index (χ0) is 12.1. The molecule has 1 aliphatic rings. The van der Waals surface area contributed by atoms with Crippen molar-refractivity contribution < 1.29 is 9.59 Å². The Bertz CT molecular complexity index is 264. The number of amides is 2. The van der Waals surface area contributed by atoms with Crippen LogP contribution < -0.4 is 10.6 Å². The van der Waals surface area contributed by atoms with Crippen LogP contribution in [0.5, 0.6) is 0 Å². The Morgan fingerprint density at radius 3 is 2.56 bits per heavy atom. The molecule has 1 rings (SSSR count). The molecule has 1 unspecified atom stereocenters. The first-order chi connectivity index (χ1) is 7.54. The van der Waals surface area contributed by atoms with Crippen LogP contribution in [0.2, 0.25) is 0 Å². The molecule has 0 heterocycles. The highest BCUT2D eigenvalue weighted by Gasteiger charge is 2.23.